The zero-order valence-electron chi connectivity index (χ0n) is 18.4. The van der Waals surface area contributed by atoms with Crippen LogP contribution in [0.2, 0.25) is 18.1 Å². The number of methoxy groups -OCH3 is 1. The molecule has 2 aromatic carbocycles. The van der Waals surface area contributed by atoms with Gasteiger partial charge in [0.15, 0.2) is 0 Å². The first-order valence-electron chi connectivity index (χ1n) is 9.95. The van der Waals surface area contributed by atoms with Gasteiger partial charge in [0.1, 0.15) is 11.5 Å². The van der Waals surface area contributed by atoms with Gasteiger partial charge in [0, 0.05) is 11.6 Å². The highest BCUT2D eigenvalue weighted by Crippen LogP contribution is 2.43. The molecule has 5 heteroatoms. The highest BCUT2D eigenvalue weighted by Gasteiger charge is 2.46. The van der Waals surface area contributed by atoms with E-state index in [0.717, 1.165) is 11.1 Å². The molecule has 4 nitrogen and oxygen atoms in total. The summed E-state index contributed by atoms with van der Waals surface area (Å²) in [6.07, 6.45) is 1.66. The number of benzene rings is 2. The average Bonchev–Trinajstić information content (AvgIpc) is 2.71. The molecule has 1 aliphatic heterocycles. The Morgan fingerprint density at radius 1 is 1.03 bits per heavy atom. The van der Waals surface area contributed by atoms with Crippen LogP contribution in [-0.4, -0.2) is 27.0 Å². The molecule has 1 atom stereocenters. The third-order valence-corrected chi connectivity index (χ3v) is 9.93. The summed E-state index contributed by atoms with van der Waals surface area (Å²) in [5, 5.41) is -0.00920. The maximum atomic E-state index is 12.9. The lowest BCUT2D eigenvalue weighted by molar-refractivity contribution is -0.151. The molecule has 156 valence electrons. The van der Waals surface area contributed by atoms with E-state index in [0.29, 0.717) is 11.5 Å². The fraction of sp³-hybridized carbons (Fsp3) is 0.320. The average molecular weight is 421 g/mol. The van der Waals surface area contributed by atoms with E-state index in [4.69, 9.17) is 13.9 Å². The summed E-state index contributed by atoms with van der Waals surface area (Å²) >= 11 is 0. The molecule has 0 aromatic heterocycles. The second-order valence-electron chi connectivity index (χ2n) is 8.81. The highest BCUT2D eigenvalue weighted by molar-refractivity contribution is 6.74. The van der Waals surface area contributed by atoms with Crippen molar-refractivity contribution in [2.24, 2.45) is 0 Å². The lowest BCUT2D eigenvalue weighted by Crippen LogP contribution is -2.46. The van der Waals surface area contributed by atoms with Crippen molar-refractivity contribution in [3.8, 4) is 17.6 Å². The minimum Gasteiger partial charge on any atom is -0.543 e. The maximum absolute atomic E-state index is 12.9. The quantitative estimate of drug-likeness (QED) is 0.379. The second kappa shape index (κ2) is 8.04. The molecule has 3 rings (SSSR count). The summed E-state index contributed by atoms with van der Waals surface area (Å²) in [4.78, 5) is 12.9. The second-order valence-corrected chi connectivity index (χ2v) is 13.5. The summed E-state index contributed by atoms with van der Waals surface area (Å²) in [7, 11) is -0.846. The zero-order chi connectivity index (χ0) is 22.0. The Kier molecular flexibility index (Phi) is 5.82. The molecular formula is C25H28O4Si. The van der Waals surface area contributed by atoms with E-state index in [1.165, 1.54) is 7.11 Å². The van der Waals surface area contributed by atoms with Gasteiger partial charge in [-0.25, -0.2) is 4.79 Å². The largest absolute Gasteiger partial charge is 0.543 e. The molecule has 0 saturated heterocycles. The van der Waals surface area contributed by atoms with Crippen LogP contribution in [0.4, 0.5) is 0 Å². The number of carbonyl (C=O) groups is 1. The van der Waals surface area contributed by atoms with E-state index in [1.807, 2.05) is 54.6 Å². The van der Waals surface area contributed by atoms with Gasteiger partial charge >= 0.3 is 5.97 Å². The van der Waals surface area contributed by atoms with Crippen LogP contribution in [0.15, 0.2) is 60.7 Å². The fourth-order valence-corrected chi connectivity index (χ4v) is 3.81. The van der Waals surface area contributed by atoms with Gasteiger partial charge in [0.05, 0.1) is 12.7 Å². The Hall–Kier alpha value is -2.97. The lowest BCUT2D eigenvalue weighted by Gasteiger charge is -2.39. The molecule has 30 heavy (non-hydrogen) atoms. The van der Waals surface area contributed by atoms with Crippen LogP contribution in [0.25, 0.3) is 5.76 Å². The zero-order valence-corrected chi connectivity index (χ0v) is 19.4. The Morgan fingerprint density at radius 2 is 1.67 bits per heavy atom. The Balaban J connectivity index is 2.16. The van der Waals surface area contributed by atoms with Crippen molar-refractivity contribution >= 4 is 20.0 Å². The normalized spacial score (nSPS) is 18.1. The summed E-state index contributed by atoms with van der Waals surface area (Å²) in [6.45, 7) is 10.9. The van der Waals surface area contributed by atoms with Crippen molar-refractivity contribution in [2.45, 2.75) is 44.5 Å². The Bertz CT molecular complexity index is 1020. The third-order valence-electron chi connectivity index (χ3n) is 5.58. The van der Waals surface area contributed by atoms with Gasteiger partial charge in [0.2, 0.25) is 8.32 Å². The first-order valence-corrected chi connectivity index (χ1v) is 12.9. The number of esters is 1. The predicted molar refractivity (Wildman–Crippen MR) is 121 cm³/mol. The smallest absolute Gasteiger partial charge is 0.367 e. The predicted octanol–water partition coefficient (Wildman–Crippen LogP) is 5.41. The van der Waals surface area contributed by atoms with Gasteiger partial charge in [-0.1, -0.05) is 57.0 Å². The van der Waals surface area contributed by atoms with Crippen molar-refractivity contribution in [2.75, 3.05) is 7.11 Å². The lowest BCUT2D eigenvalue weighted by atomic mass is 9.97. The summed E-state index contributed by atoms with van der Waals surface area (Å²) in [6, 6.07) is 17.0. The molecule has 0 spiro atoms. The molecule has 0 bridgehead atoms. The van der Waals surface area contributed by atoms with Gasteiger partial charge in [-0.05, 0) is 48.3 Å². The van der Waals surface area contributed by atoms with Crippen LogP contribution in [0.1, 0.15) is 31.9 Å². The summed E-state index contributed by atoms with van der Waals surface area (Å²) in [5.41, 5.74) is 0.00303. The standard InChI is InChI=1S/C25H28O4Si/c1-24(2,3)30(5,6)29-22-18-25(23(26)27-4,17-16-19-12-8-7-9-13-19)28-21-15-11-10-14-20(21)22/h7-15,18H,1-6H3/t25-/m0/s1. The van der Waals surface area contributed by atoms with Crippen LogP contribution in [0, 0.1) is 11.8 Å². The Morgan fingerprint density at radius 3 is 2.30 bits per heavy atom. The van der Waals surface area contributed by atoms with Crippen molar-refractivity contribution in [1.29, 1.82) is 0 Å². The number of carbonyl (C=O) groups excluding carboxylic acids is 1. The number of rotatable bonds is 3. The number of ether oxygens (including phenoxy) is 2. The van der Waals surface area contributed by atoms with Crippen LogP contribution in [-0.2, 0) is 14.0 Å². The van der Waals surface area contributed by atoms with E-state index in [9.17, 15) is 4.79 Å². The monoisotopic (exact) mass is 420 g/mol. The number of hydrogen-bond donors (Lipinski definition) is 0. The number of para-hydroxylation sites is 1. The topological polar surface area (TPSA) is 44.8 Å². The third kappa shape index (κ3) is 4.29. The van der Waals surface area contributed by atoms with E-state index in [1.54, 1.807) is 6.08 Å². The van der Waals surface area contributed by atoms with Crippen molar-refractivity contribution in [3.05, 3.63) is 71.8 Å². The van der Waals surface area contributed by atoms with E-state index in [-0.39, 0.29) is 5.04 Å². The molecule has 0 fully saturated rings. The van der Waals surface area contributed by atoms with E-state index >= 15 is 0 Å². The van der Waals surface area contributed by atoms with Crippen LogP contribution < -0.4 is 4.74 Å². The SMILES string of the molecule is COC(=O)[C@]1(C#Cc2ccccc2)C=C(O[Si](C)(C)C(C)(C)C)c2ccccc2O1. The minimum atomic E-state index is -2.18. The molecule has 0 unspecified atom stereocenters. The minimum absolute atomic E-state index is 0.00920. The molecule has 0 radical (unpaired) electrons. The van der Waals surface area contributed by atoms with E-state index in [2.05, 4.69) is 45.7 Å². The van der Waals surface area contributed by atoms with Gasteiger partial charge in [-0.15, -0.1) is 0 Å². The summed E-state index contributed by atoms with van der Waals surface area (Å²) in [5.74, 6) is 6.62. The van der Waals surface area contributed by atoms with Gasteiger partial charge in [-0.3, -0.25) is 0 Å². The molecule has 2 aromatic rings. The first kappa shape index (κ1) is 21.7. The van der Waals surface area contributed by atoms with Crippen molar-refractivity contribution in [1.82, 2.24) is 0 Å². The van der Waals surface area contributed by atoms with Crippen molar-refractivity contribution < 1.29 is 18.7 Å². The molecule has 1 aliphatic rings. The molecule has 0 aliphatic carbocycles. The first-order chi connectivity index (χ1) is 14.1. The van der Waals surface area contributed by atoms with Crippen LogP contribution in [0.5, 0.6) is 5.75 Å². The maximum Gasteiger partial charge on any atom is 0.367 e. The van der Waals surface area contributed by atoms with Crippen LogP contribution in [0.3, 0.4) is 0 Å². The molecule has 0 amide bonds. The molecule has 0 saturated carbocycles. The van der Waals surface area contributed by atoms with Crippen LogP contribution >= 0.6 is 0 Å². The number of fused-ring (bicyclic) bond motifs is 1. The summed E-state index contributed by atoms with van der Waals surface area (Å²) < 4.78 is 17.8. The molecule has 0 N–H and O–H groups in total. The Labute approximate surface area is 180 Å². The highest BCUT2D eigenvalue weighted by atomic mass is 28.4. The molecular weight excluding hydrogens is 392 g/mol. The van der Waals surface area contributed by atoms with Gasteiger partial charge in [-0.2, -0.15) is 0 Å². The fourth-order valence-electron chi connectivity index (χ4n) is 2.79. The van der Waals surface area contributed by atoms with Gasteiger partial charge in [0.25, 0.3) is 5.60 Å². The number of hydrogen-bond acceptors (Lipinski definition) is 4. The molecule has 1 heterocycles. The van der Waals surface area contributed by atoms with E-state index < -0.39 is 19.9 Å². The van der Waals surface area contributed by atoms with Crippen molar-refractivity contribution in [3.63, 3.8) is 0 Å². The van der Waals surface area contributed by atoms with Gasteiger partial charge < -0.3 is 13.9 Å².